The van der Waals surface area contributed by atoms with E-state index in [0.717, 1.165) is 36.9 Å². The minimum absolute atomic E-state index is 0.644. The molecule has 3 nitrogen and oxygen atoms in total. The standard InChI is InChI=1S/C13H21BrClN3/c1-17(2)7-8-18-13(12(15)9-16-18)6-5-11(14)10-3-4-10/h9-11H,3-8H2,1-2H3. The molecule has 1 heterocycles. The van der Waals surface area contributed by atoms with Crippen molar-refractivity contribution in [1.29, 1.82) is 0 Å². The molecule has 1 aliphatic carbocycles. The lowest BCUT2D eigenvalue weighted by molar-refractivity contribution is 0.369. The summed E-state index contributed by atoms with van der Waals surface area (Å²) in [6.07, 6.45) is 6.69. The van der Waals surface area contributed by atoms with Crippen LogP contribution in [0.2, 0.25) is 5.02 Å². The number of nitrogens with zero attached hydrogens (tertiary/aromatic N) is 3. The summed E-state index contributed by atoms with van der Waals surface area (Å²) in [6, 6.07) is 0. The van der Waals surface area contributed by atoms with Crippen molar-refractivity contribution in [3.05, 3.63) is 16.9 Å². The maximum Gasteiger partial charge on any atom is 0.0817 e. The smallest absolute Gasteiger partial charge is 0.0817 e. The molecule has 18 heavy (non-hydrogen) atoms. The number of hydrogen-bond acceptors (Lipinski definition) is 2. The molecule has 0 aromatic carbocycles. The van der Waals surface area contributed by atoms with Gasteiger partial charge in [0.1, 0.15) is 0 Å². The quantitative estimate of drug-likeness (QED) is 0.714. The van der Waals surface area contributed by atoms with Crippen molar-refractivity contribution in [3.63, 3.8) is 0 Å². The van der Waals surface area contributed by atoms with Gasteiger partial charge in [0.25, 0.3) is 0 Å². The van der Waals surface area contributed by atoms with Crippen molar-refractivity contribution in [2.45, 2.75) is 37.1 Å². The van der Waals surface area contributed by atoms with E-state index < -0.39 is 0 Å². The highest BCUT2D eigenvalue weighted by Crippen LogP contribution is 2.38. The van der Waals surface area contributed by atoms with Gasteiger partial charge >= 0.3 is 0 Å². The van der Waals surface area contributed by atoms with Crippen LogP contribution in [0, 0.1) is 5.92 Å². The molecule has 5 heteroatoms. The Balaban J connectivity index is 1.90. The summed E-state index contributed by atoms with van der Waals surface area (Å²) in [4.78, 5) is 2.81. The van der Waals surface area contributed by atoms with Gasteiger partial charge in [0.05, 0.1) is 23.5 Å². The molecule has 1 aliphatic rings. The van der Waals surface area contributed by atoms with Crippen LogP contribution in [-0.2, 0) is 13.0 Å². The lowest BCUT2D eigenvalue weighted by atomic mass is 10.1. The van der Waals surface area contributed by atoms with Crippen LogP contribution >= 0.6 is 27.5 Å². The SMILES string of the molecule is CN(C)CCn1ncc(Cl)c1CCC(Br)C1CC1. The molecule has 0 radical (unpaired) electrons. The molecule has 1 aromatic rings. The van der Waals surface area contributed by atoms with Gasteiger partial charge in [-0.2, -0.15) is 5.10 Å². The molecule has 0 N–H and O–H groups in total. The highest BCUT2D eigenvalue weighted by Gasteiger charge is 2.29. The van der Waals surface area contributed by atoms with Crippen LogP contribution in [0.25, 0.3) is 0 Å². The summed E-state index contributed by atoms with van der Waals surface area (Å²) >= 11 is 10.0. The predicted molar refractivity (Wildman–Crippen MR) is 79.6 cm³/mol. The molecule has 102 valence electrons. The molecular weight excluding hydrogens is 314 g/mol. The summed E-state index contributed by atoms with van der Waals surface area (Å²) < 4.78 is 2.05. The third-order valence-corrected chi connectivity index (χ3v) is 4.97. The van der Waals surface area contributed by atoms with E-state index in [0.29, 0.717) is 4.83 Å². The average molecular weight is 335 g/mol. The van der Waals surface area contributed by atoms with Gasteiger partial charge in [-0.1, -0.05) is 27.5 Å². The van der Waals surface area contributed by atoms with Gasteiger partial charge in [-0.05, 0) is 45.7 Å². The Morgan fingerprint density at radius 2 is 2.28 bits per heavy atom. The van der Waals surface area contributed by atoms with Gasteiger partial charge in [-0.15, -0.1) is 0 Å². The van der Waals surface area contributed by atoms with E-state index >= 15 is 0 Å². The summed E-state index contributed by atoms with van der Waals surface area (Å²) in [5.41, 5.74) is 1.18. The van der Waals surface area contributed by atoms with Crippen molar-refractivity contribution in [2.24, 2.45) is 5.92 Å². The van der Waals surface area contributed by atoms with Crippen molar-refractivity contribution in [3.8, 4) is 0 Å². The molecule has 0 saturated heterocycles. The van der Waals surface area contributed by atoms with Gasteiger partial charge in [0.2, 0.25) is 0 Å². The van der Waals surface area contributed by atoms with Crippen molar-refractivity contribution in [1.82, 2.24) is 14.7 Å². The Morgan fingerprint density at radius 1 is 1.56 bits per heavy atom. The van der Waals surface area contributed by atoms with Crippen molar-refractivity contribution in [2.75, 3.05) is 20.6 Å². The third-order valence-electron chi connectivity index (χ3n) is 3.45. The van der Waals surface area contributed by atoms with Crippen LogP contribution in [0.1, 0.15) is 25.0 Å². The number of likely N-dealkylation sites (N-methyl/N-ethyl adjacent to an activating group) is 1. The maximum absolute atomic E-state index is 6.23. The van der Waals surface area contributed by atoms with E-state index in [1.54, 1.807) is 6.20 Å². The minimum Gasteiger partial charge on any atom is -0.308 e. The number of rotatable bonds is 7. The number of aromatic nitrogens is 2. The number of halogens is 2. The second-order valence-electron chi connectivity index (χ2n) is 5.36. The first-order chi connectivity index (χ1) is 8.58. The molecule has 2 rings (SSSR count). The fraction of sp³-hybridized carbons (Fsp3) is 0.769. The van der Waals surface area contributed by atoms with Gasteiger partial charge in [0.15, 0.2) is 0 Å². The highest BCUT2D eigenvalue weighted by atomic mass is 79.9. The Labute approximate surface area is 123 Å². The first-order valence-corrected chi connectivity index (χ1v) is 7.86. The van der Waals surface area contributed by atoms with Gasteiger partial charge in [-0.3, -0.25) is 4.68 Å². The highest BCUT2D eigenvalue weighted by molar-refractivity contribution is 9.09. The van der Waals surface area contributed by atoms with Crippen molar-refractivity contribution < 1.29 is 0 Å². The average Bonchev–Trinajstić information content (AvgIpc) is 3.10. The molecule has 1 aromatic heterocycles. The van der Waals surface area contributed by atoms with E-state index in [-0.39, 0.29) is 0 Å². The largest absolute Gasteiger partial charge is 0.308 e. The Morgan fingerprint density at radius 3 is 2.89 bits per heavy atom. The summed E-state index contributed by atoms with van der Waals surface area (Å²) in [5, 5.41) is 5.18. The van der Waals surface area contributed by atoms with Crippen LogP contribution < -0.4 is 0 Å². The zero-order valence-corrected chi connectivity index (χ0v) is 13.4. The lowest BCUT2D eigenvalue weighted by Gasteiger charge is -2.13. The normalized spacial score (nSPS) is 17.4. The van der Waals surface area contributed by atoms with E-state index in [1.165, 1.54) is 18.5 Å². The molecule has 1 fully saturated rings. The summed E-state index contributed by atoms with van der Waals surface area (Å²) in [6.45, 7) is 1.90. The minimum atomic E-state index is 0.644. The van der Waals surface area contributed by atoms with Crippen LogP contribution in [0.4, 0.5) is 0 Å². The Bertz CT molecular complexity index is 388. The zero-order valence-electron chi connectivity index (χ0n) is 11.1. The molecule has 0 bridgehead atoms. The van der Waals surface area contributed by atoms with Crippen molar-refractivity contribution >= 4 is 27.5 Å². The van der Waals surface area contributed by atoms with E-state index in [2.05, 4.69) is 44.7 Å². The fourth-order valence-electron chi connectivity index (χ4n) is 2.09. The van der Waals surface area contributed by atoms with Crippen LogP contribution in [-0.4, -0.2) is 40.1 Å². The number of alkyl halides is 1. The lowest BCUT2D eigenvalue weighted by Crippen LogP contribution is -2.20. The zero-order chi connectivity index (χ0) is 13.1. The third kappa shape index (κ3) is 3.97. The first-order valence-electron chi connectivity index (χ1n) is 6.57. The predicted octanol–water partition coefficient (Wildman–Crippen LogP) is 3.20. The molecule has 1 saturated carbocycles. The number of hydrogen-bond donors (Lipinski definition) is 0. The van der Waals surface area contributed by atoms with E-state index in [4.69, 9.17) is 11.6 Å². The first kappa shape index (κ1) is 14.4. The maximum atomic E-state index is 6.23. The summed E-state index contributed by atoms with van der Waals surface area (Å²) in [7, 11) is 4.15. The van der Waals surface area contributed by atoms with Gasteiger partial charge in [0, 0.05) is 11.4 Å². The summed E-state index contributed by atoms with van der Waals surface area (Å²) in [5.74, 6) is 0.891. The Hall–Kier alpha value is -0.0600. The van der Waals surface area contributed by atoms with E-state index in [1.807, 2.05) is 0 Å². The molecule has 0 amide bonds. The molecule has 0 spiro atoms. The monoisotopic (exact) mass is 333 g/mol. The molecular formula is C13H21BrClN3. The second kappa shape index (κ2) is 6.40. The Kier molecular flexibility index (Phi) is 5.10. The van der Waals surface area contributed by atoms with Crippen LogP contribution in [0.15, 0.2) is 6.20 Å². The second-order valence-corrected chi connectivity index (χ2v) is 6.94. The molecule has 1 unspecified atom stereocenters. The fourth-order valence-corrected chi connectivity index (χ4v) is 3.09. The molecule has 1 atom stereocenters. The van der Waals surface area contributed by atoms with E-state index in [9.17, 15) is 0 Å². The topological polar surface area (TPSA) is 21.1 Å². The van der Waals surface area contributed by atoms with Crippen LogP contribution in [0.5, 0.6) is 0 Å². The van der Waals surface area contributed by atoms with Gasteiger partial charge < -0.3 is 4.90 Å². The molecule has 0 aliphatic heterocycles. The van der Waals surface area contributed by atoms with Crippen LogP contribution in [0.3, 0.4) is 0 Å². The van der Waals surface area contributed by atoms with Gasteiger partial charge in [-0.25, -0.2) is 0 Å².